The van der Waals surface area contributed by atoms with Gasteiger partial charge >= 0.3 is 0 Å². The van der Waals surface area contributed by atoms with Gasteiger partial charge in [-0.15, -0.1) is 10.2 Å². The average Bonchev–Trinajstić information content (AvgIpc) is 2.76. The molecule has 0 amide bonds. The van der Waals surface area contributed by atoms with Gasteiger partial charge in [-0.25, -0.2) is 0 Å². The van der Waals surface area contributed by atoms with Gasteiger partial charge < -0.3 is 0 Å². The third-order valence-electron chi connectivity index (χ3n) is 2.45. The van der Waals surface area contributed by atoms with E-state index in [0.717, 1.165) is 16.4 Å². The average molecular weight is 230 g/mol. The van der Waals surface area contributed by atoms with Crippen LogP contribution in [0.1, 0.15) is 12.5 Å². The summed E-state index contributed by atoms with van der Waals surface area (Å²) in [5, 5.41) is 13.6. The first kappa shape index (κ1) is 9.59. The molecule has 3 rings (SSSR count). The molecule has 1 aliphatic rings. The highest BCUT2D eigenvalue weighted by molar-refractivity contribution is 8.00. The number of hydrogen-bond acceptors (Lipinski definition) is 4. The standard InChI is InChI=1S/C11H10N4S/c1-8-10(9-5-3-2-4-6-9)14-15-7-12-13-11(15)16-8/h2-8H,1H3/t8-/m1/s1. The molecule has 0 radical (unpaired) electrons. The molecule has 0 spiro atoms. The Balaban J connectivity index is 2.09. The van der Waals surface area contributed by atoms with Crippen molar-refractivity contribution in [3.05, 3.63) is 42.2 Å². The molecular formula is C11H10N4S. The second-order valence-electron chi connectivity index (χ2n) is 3.57. The molecule has 0 bridgehead atoms. The van der Waals surface area contributed by atoms with E-state index in [1.54, 1.807) is 22.8 Å². The summed E-state index contributed by atoms with van der Waals surface area (Å²) in [7, 11) is 0. The Morgan fingerprint density at radius 1 is 1.25 bits per heavy atom. The van der Waals surface area contributed by atoms with E-state index in [4.69, 9.17) is 0 Å². The van der Waals surface area contributed by atoms with Gasteiger partial charge in [-0.2, -0.15) is 9.78 Å². The zero-order valence-corrected chi connectivity index (χ0v) is 9.56. The Bertz CT molecular complexity index is 532. The minimum absolute atomic E-state index is 0.305. The molecule has 0 aliphatic carbocycles. The molecule has 0 fully saturated rings. The first-order valence-corrected chi connectivity index (χ1v) is 5.93. The van der Waals surface area contributed by atoms with Gasteiger partial charge in [0.1, 0.15) is 6.33 Å². The summed E-state index contributed by atoms with van der Waals surface area (Å²) in [6.07, 6.45) is 1.64. The van der Waals surface area contributed by atoms with E-state index in [1.807, 2.05) is 18.2 Å². The third-order valence-corrected chi connectivity index (χ3v) is 3.51. The first-order chi connectivity index (χ1) is 7.84. The SMILES string of the molecule is C[C@H]1Sc2nncn2N=C1c1ccccc1. The van der Waals surface area contributed by atoms with Crippen molar-refractivity contribution in [3.63, 3.8) is 0 Å². The van der Waals surface area contributed by atoms with Gasteiger partial charge in [0.15, 0.2) is 0 Å². The third kappa shape index (κ3) is 1.53. The molecule has 2 heterocycles. The molecule has 0 N–H and O–H groups in total. The zero-order chi connectivity index (χ0) is 11.0. The summed E-state index contributed by atoms with van der Waals surface area (Å²) in [5.41, 5.74) is 2.22. The van der Waals surface area contributed by atoms with Crippen molar-refractivity contribution < 1.29 is 0 Å². The lowest BCUT2D eigenvalue weighted by molar-refractivity contribution is 0.748. The zero-order valence-electron chi connectivity index (χ0n) is 8.74. The van der Waals surface area contributed by atoms with E-state index in [-0.39, 0.29) is 0 Å². The van der Waals surface area contributed by atoms with Crippen molar-refractivity contribution in [2.75, 3.05) is 0 Å². The highest BCUT2D eigenvalue weighted by Crippen LogP contribution is 2.28. The molecule has 80 valence electrons. The van der Waals surface area contributed by atoms with Crippen molar-refractivity contribution in [1.82, 2.24) is 14.9 Å². The minimum atomic E-state index is 0.305. The fourth-order valence-electron chi connectivity index (χ4n) is 1.68. The molecule has 5 heteroatoms. The Labute approximate surface area is 97.4 Å². The smallest absolute Gasteiger partial charge is 0.194 e. The number of nitrogens with zero attached hydrogens (tertiary/aromatic N) is 4. The molecule has 0 saturated heterocycles. The van der Waals surface area contributed by atoms with E-state index in [2.05, 4.69) is 34.4 Å². The molecule has 4 nitrogen and oxygen atoms in total. The summed E-state index contributed by atoms with van der Waals surface area (Å²) in [6.45, 7) is 2.13. The molecule has 16 heavy (non-hydrogen) atoms. The lowest BCUT2D eigenvalue weighted by Gasteiger charge is -2.18. The maximum atomic E-state index is 4.54. The van der Waals surface area contributed by atoms with Crippen LogP contribution in [0.15, 0.2) is 46.9 Å². The van der Waals surface area contributed by atoms with Crippen molar-refractivity contribution in [2.24, 2.45) is 5.10 Å². The van der Waals surface area contributed by atoms with Crippen LogP contribution in [-0.4, -0.2) is 25.8 Å². The Morgan fingerprint density at radius 2 is 2.06 bits per heavy atom. The van der Waals surface area contributed by atoms with E-state index < -0.39 is 0 Å². The quantitative estimate of drug-likeness (QED) is 0.752. The van der Waals surface area contributed by atoms with Crippen LogP contribution in [0.2, 0.25) is 0 Å². The number of fused-ring (bicyclic) bond motifs is 1. The largest absolute Gasteiger partial charge is 0.212 e. The van der Waals surface area contributed by atoms with Crippen LogP contribution in [0.3, 0.4) is 0 Å². The fourth-order valence-corrected chi connectivity index (χ4v) is 2.58. The lowest BCUT2D eigenvalue weighted by atomic mass is 10.1. The van der Waals surface area contributed by atoms with Gasteiger partial charge in [0, 0.05) is 0 Å². The van der Waals surface area contributed by atoms with Crippen LogP contribution in [0.4, 0.5) is 0 Å². The van der Waals surface area contributed by atoms with E-state index >= 15 is 0 Å². The summed E-state index contributed by atoms with van der Waals surface area (Å²) in [6, 6.07) is 10.2. The van der Waals surface area contributed by atoms with Gasteiger partial charge in [0.25, 0.3) is 0 Å². The molecular weight excluding hydrogens is 220 g/mol. The second kappa shape index (κ2) is 3.75. The van der Waals surface area contributed by atoms with Crippen molar-refractivity contribution in [3.8, 4) is 0 Å². The maximum Gasteiger partial charge on any atom is 0.212 e. The summed E-state index contributed by atoms with van der Waals surface area (Å²) < 4.78 is 1.73. The van der Waals surface area contributed by atoms with Crippen molar-refractivity contribution >= 4 is 17.5 Å². The normalized spacial score (nSPS) is 19.1. The Morgan fingerprint density at radius 3 is 2.88 bits per heavy atom. The van der Waals surface area contributed by atoms with Crippen LogP contribution >= 0.6 is 11.8 Å². The van der Waals surface area contributed by atoms with Gasteiger partial charge in [-0.05, 0) is 12.5 Å². The second-order valence-corrected chi connectivity index (χ2v) is 4.88. The molecule has 0 saturated carbocycles. The number of rotatable bonds is 1. The predicted octanol–water partition coefficient (Wildman–Crippen LogP) is 2.02. The predicted molar refractivity (Wildman–Crippen MR) is 63.7 cm³/mol. The highest BCUT2D eigenvalue weighted by atomic mass is 32.2. The number of thioether (sulfide) groups is 1. The summed E-state index contributed by atoms with van der Waals surface area (Å²) in [4.78, 5) is 0. The van der Waals surface area contributed by atoms with Crippen LogP contribution in [0, 0.1) is 0 Å². The monoisotopic (exact) mass is 230 g/mol. The Hall–Kier alpha value is -1.62. The van der Waals surface area contributed by atoms with Gasteiger partial charge in [0.2, 0.25) is 5.16 Å². The highest BCUT2D eigenvalue weighted by Gasteiger charge is 2.22. The van der Waals surface area contributed by atoms with E-state index in [1.165, 1.54) is 0 Å². The molecule has 1 aliphatic heterocycles. The van der Waals surface area contributed by atoms with E-state index in [0.29, 0.717) is 5.25 Å². The van der Waals surface area contributed by atoms with Gasteiger partial charge in [0.05, 0.1) is 11.0 Å². The molecule has 1 aromatic carbocycles. The number of hydrogen-bond donors (Lipinski definition) is 0. The van der Waals surface area contributed by atoms with Gasteiger partial charge in [-0.1, -0.05) is 42.1 Å². The molecule has 0 unspecified atom stereocenters. The molecule has 2 aromatic rings. The summed E-state index contributed by atoms with van der Waals surface area (Å²) >= 11 is 1.68. The number of aromatic nitrogens is 3. The van der Waals surface area contributed by atoms with Crippen LogP contribution in [0.25, 0.3) is 0 Å². The Kier molecular flexibility index (Phi) is 2.25. The van der Waals surface area contributed by atoms with Gasteiger partial charge in [-0.3, -0.25) is 0 Å². The van der Waals surface area contributed by atoms with Crippen molar-refractivity contribution in [2.45, 2.75) is 17.3 Å². The summed E-state index contributed by atoms with van der Waals surface area (Å²) in [5.74, 6) is 0. The minimum Gasteiger partial charge on any atom is -0.194 e. The topological polar surface area (TPSA) is 43.1 Å². The number of benzene rings is 1. The van der Waals surface area contributed by atoms with E-state index in [9.17, 15) is 0 Å². The van der Waals surface area contributed by atoms with Crippen molar-refractivity contribution in [1.29, 1.82) is 0 Å². The van der Waals surface area contributed by atoms with Crippen LogP contribution in [-0.2, 0) is 0 Å². The molecule has 1 atom stereocenters. The lowest BCUT2D eigenvalue weighted by Crippen LogP contribution is -2.21. The van der Waals surface area contributed by atoms with Crippen LogP contribution < -0.4 is 0 Å². The fraction of sp³-hybridized carbons (Fsp3) is 0.182. The maximum absolute atomic E-state index is 4.54. The molecule has 1 aromatic heterocycles. The first-order valence-electron chi connectivity index (χ1n) is 5.05. The van der Waals surface area contributed by atoms with Crippen LogP contribution in [0.5, 0.6) is 0 Å².